The van der Waals surface area contributed by atoms with E-state index in [1.54, 1.807) is 12.1 Å². The number of carbonyl (C=O) groups excluding carboxylic acids is 1. The molecular weight excluding hydrogens is 334 g/mol. The molecule has 0 saturated heterocycles. The molecule has 0 spiro atoms. The highest BCUT2D eigenvalue weighted by atomic mass is 79.9. The largest absolute Gasteiger partial charge is 0.391 e. The molecule has 0 aliphatic carbocycles. The lowest BCUT2D eigenvalue weighted by Gasteiger charge is -2.16. The summed E-state index contributed by atoms with van der Waals surface area (Å²) in [5.41, 5.74) is 0.139. The Morgan fingerprint density at radius 3 is 2.67 bits per heavy atom. The third-order valence-corrected chi connectivity index (χ3v) is 3.41. The average molecular weight is 345 g/mol. The van der Waals surface area contributed by atoms with E-state index in [0.29, 0.717) is 4.47 Å². The number of amides is 1. The van der Waals surface area contributed by atoms with Crippen molar-refractivity contribution in [1.29, 1.82) is 0 Å². The molecule has 100 valence electrons. The maximum absolute atomic E-state index is 12.1. The number of benzene rings is 1. The van der Waals surface area contributed by atoms with E-state index in [1.807, 2.05) is 0 Å². The molecule has 0 bridgehead atoms. The van der Waals surface area contributed by atoms with Gasteiger partial charge in [0.15, 0.2) is 0 Å². The van der Waals surface area contributed by atoms with Crippen molar-refractivity contribution in [2.24, 2.45) is 0 Å². The highest BCUT2D eigenvalue weighted by molar-refractivity contribution is 9.10. The Balaban J connectivity index is 2.74. The summed E-state index contributed by atoms with van der Waals surface area (Å²) in [5.74, 6) is -0.627. The van der Waals surface area contributed by atoms with E-state index >= 15 is 0 Å². The summed E-state index contributed by atoms with van der Waals surface area (Å²) in [7, 11) is 0. The molecule has 18 heavy (non-hydrogen) atoms. The Labute approximate surface area is 116 Å². The van der Waals surface area contributed by atoms with Crippen molar-refractivity contribution < 1.29 is 18.0 Å². The molecule has 7 heteroatoms. The predicted molar refractivity (Wildman–Crippen MR) is 66.8 cm³/mol. The van der Waals surface area contributed by atoms with Gasteiger partial charge in [0.05, 0.1) is 17.0 Å². The number of nitrogens with one attached hydrogen (secondary N) is 1. The van der Waals surface area contributed by atoms with Crippen molar-refractivity contribution in [3.05, 3.63) is 33.3 Å². The minimum Gasteiger partial charge on any atom is -0.349 e. The Morgan fingerprint density at radius 1 is 1.50 bits per heavy atom. The smallest absolute Gasteiger partial charge is 0.349 e. The highest BCUT2D eigenvalue weighted by Gasteiger charge is 2.30. The van der Waals surface area contributed by atoms with E-state index in [0.717, 1.165) is 0 Å². The second kappa shape index (κ2) is 5.93. The molecule has 1 aromatic carbocycles. The number of alkyl halides is 3. The summed E-state index contributed by atoms with van der Waals surface area (Å²) in [6.07, 6.45) is -5.39. The van der Waals surface area contributed by atoms with Gasteiger partial charge in [-0.2, -0.15) is 13.2 Å². The van der Waals surface area contributed by atoms with Gasteiger partial charge in [0.1, 0.15) is 0 Å². The van der Waals surface area contributed by atoms with E-state index in [9.17, 15) is 18.0 Å². The normalized spacial score (nSPS) is 13.2. The van der Waals surface area contributed by atoms with Gasteiger partial charge in [-0.05, 0) is 35.0 Å². The zero-order chi connectivity index (χ0) is 13.9. The zero-order valence-electron chi connectivity index (χ0n) is 9.31. The molecule has 0 radical (unpaired) electrons. The number of halogens is 5. The van der Waals surface area contributed by atoms with Crippen LogP contribution in [0.5, 0.6) is 0 Å². The number of hydrogen-bond acceptors (Lipinski definition) is 1. The van der Waals surface area contributed by atoms with Crippen LogP contribution >= 0.6 is 27.5 Å². The average Bonchev–Trinajstić information content (AvgIpc) is 2.18. The van der Waals surface area contributed by atoms with Gasteiger partial charge in [-0.1, -0.05) is 17.7 Å². The van der Waals surface area contributed by atoms with Crippen LogP contribution in [0.15, 0.2) is 22.7 Å². The molecule has 1 aromatic rings. The molecular formula is C11H10BrClF3NO. The Kier molecular flexibility index (Phi) is 5.04. The van der Waals surface area contributed by atoms with Crippen LogP contribution < -0.4 is 5.32 Å². The van der Waals surface area contributed by atoms with Crippen LogP contribution in [0.3, 0.4) is 0 Å². The number of rotatable bonds is 3. The number of hydrogen-bond donors (Lipinski definition) is 1. The van der Waals surface area contributed by atoms with Gasteiger partial charge in [-0.25, -0.2) is 0 Å². The van der Waals surface area contributed by atoms with Crippen LogP contribution in [-0.2, 0) is 0 Å². The van der Waals surface area contributed by atoms with Crippen LogP contribution in [0.4, 0.5) is 13.2 Å². The van der Waals surface area contributed by atoms with Crippen molar-refractivity contribution in [2.45, 2.75) is 25.6 Å². The van der Waals surface area contributed by atoms with Crippen molar-refractivity contribution >= 4 is 33.4 Å². The first-order valence-corrected chi connectivity index (χ1v) is 6.19. The molecule has 1 unspecified atom stereocenters. The third-order valence-electron chi connectivity index (χ3n) is 2.11. The fraction of sp³-hybridized carbons (Fsp3) is 0.364. The molecule has 0 aliphatic rings. The Hall–Kier alpha value is -0.750. The summed E-state index contributed by atoms with van der Waals surface area (Å²) < 4.78 is 36.9. The summed E-state index contributed by atoms with van der Waals surface area (Å²) in [4.78, 5) is 11.7. The fourth-order valence-electron chi connectivity index (χ4n) is 1.38. The first kappa shape index (κ1) is 15.3. The molecule has 0 heterocycles. The van der Waals surface area contributed by atoms with E-state index in [1.165, 1.54) is 13.0 Å². The maximum Gasteiger partial charge on any atom is 0.391 e. The van der Waals surface area contributed by atoms with E-state index < -0.39 is 24.5 Å². The Morgan fingerprint density at radius 2 is 2.11 bits per heavy atom. The highest BCUT2D eigenvalue weighted by Crippen LogP contribution is 2.26. The van der Waals surface area contributed by atoms with Crippen molar-refractivity contribution in [2.75, 3.05) is 0 Å². The molecule has 1 N–H and O–H groups in total. The maximum atomic E-state index is 12.1. The van der Waals surface area contributed by atoms with Crippen LogP contribution in [0.1, 0.15) is 23.7 Å². The van der Waals surface area contributed by atoms with Gasteiger partial charge in [0.25, 0.3) is 5.91 Å². The molecule has 1 amide bonds. The summed E-state index contributed by atoms with van der Waals surface area (Å²) >= 11 is 9.01. The summed E-state index contributed by atoms with van der Waals surface area (Å²) in [5, 5.41) is 2.43. The topological polar surface area (TPSA) is 29.1 Å². The van der Waals surface area contributed by atoms with Gasteiger partial charge in [-0.15, -0.1) is 0 Å². The quantitative estimate of drug-likeness (QED) is 0.876. The second-order valence-corrected chi connectivity index (χ2v) is 5.03. The zero-order valence-corrected chi connectivity index (χ0v) is 11.7. The van der Waals surface area contributed by atoms with Crippen LogP contribution in [0.2, 0.25) is 5.02 Å². The third kappa shape index (κ3) is 4.49. The predicted octanol–water partition coefficient (Wildman–Crippen LogP) is 4.17. The molecule has 0 fully saturated rings. The van der Waals surface area contributed by atoms with E-state index in [4.69, 9.17) is 11.6 Å². The molecule has 2 nitrogen and oxygen atoms in total. The lowest BCUT2D eigenvalue weighted by Crippen LogP contribution is -2.36. The lowest BCUT2D eigenvalue weighted by molar-refractivity contribution is -0.138. The van der Waals surface area contributed by atoms with Crippen LogP contribution in [-0.4, -0.2) is 18.1 Å². The SMILES string of the molecule is CC(CC(F)(F)F)NC(=O)c1cccc(Br)c1Cl. The Bertz CT molecular complexity index is 450. The standard InChI is InChI=1S/C11H10BrClF3NO/c1-6(5-11(14,15)16)17-10(18)7-3-2-4-8(12)9(7)13/h2-4,6H,5H2,1H3,(H,17,18). The number of carbonyl (C=O) groups is 1. The van der Waals surface area contributed by atoms with Crippen molar-refractivity contribution in [1.82, 2.24) is 5.32 Å². The van der Waals surface area contributed by atoms with E-state index in [-0.39, 0.29) is 10.6 Å². The van der Waals surface area contributed by atoms with Gasteiger partial charge in [0.2, 0.25) is 0 Å². The lowest BCUT2D eigenvalue weighted by atomic mass is 10.1. The van der Waals surface area contributed by atoms with Crippen LogP contribution in [0.25, 0.3) is 0 Å². The first-order chi connectivity index (χ1) is 8.20. The minimum atomic E-state index is -4.31. The minimum absolute atomic E-state index is 0.139. The molecule has 0 aromatic heterocycles. The monoisotopic (exact) mass is 343 g/mol. The van der Waals surface area contributed by atoms with Gasteiger partial charge < -0.3 is 5.32 Å². The van der Waals surface area contributed by atoms with Gasteiger partial charge >= 0.3 is 6.18 Å². The van der Waals surface area contributed by atoms with E-state index in [2.05, 4.69) is 21.2 Å². The second-order valence-electron chi connectivity index (χ2n) is 3.80. The van der Waals surface area contributed by atoms with Gasteiger partial charge in [-0.3, -0.25) is 4.79 Å². The fourth-order valence-corrected chi connectivity index (χ4v) is 1.96. The summed E-state index contributed by atoms with van der Waals surface area (Å²) in [6.45, 7) is 1.29. The molecule has 0 aliphatic heterocycles. The van der Waals surface area contributed by atoms with Gasteiger partial charge in [0, 0.05) is 10.5 Å². The molecule has 0 saturated carbocycles. The molecule has 1 atom stereocenters. The van der Waals surface area contributed by atoms with Crippen molar-refractivity contribution in [3.63, 3.8) is 0 Å². The van der Waals surface area contributed by atoms with Crippen molar-refractivity contribution in [3.8, 4) is 0 Å². The molecule has 1 rings (SSSR count). The van der Waals surface area contributed by atoms with Crippen LogP contribution in [0, 0.1) is 0 Å². The first-order valence-electron chi connectivity index (χ1n) is 5.02. The summed E-state index contributed by atoms with van der Waals surface area (Å²) in [6, 6.07) is 3.66.